The lowest BCUT2D eigenvalue weighted by Crippen LogP contribution is -2.22. The highest BCUT2D eigenvalue weighted by Gasteiger charge is 2.07. The van der Waals surface area contributed by atoms with Crippen molar-refractivity contribution in [2.75, 3.05) is 79.3 Å². The SMILES string of the molecule is C=C(C)C(=O)OCC(O)CO.C=C(C)C(=O)OCCO.C=C(C)C(=O)OCCOCCOCCOCCOC(=O)C(=C)C. The van der Waals surface area contributed by atoms with Crippen molar-refractivity contribution in [1.82, 2.24) is 0 Å². The average Bonchev–Trinajstić information content (AvgIpc) is 2.96. The lowest BCUT2D eigenvalue weighted by atomic mass is 10.3. The summed E-state index contributed by atoms with van der Waals surface area (Å²) in [5.41, 5.74) is 1.35. The van der Waals surface area contributed by atoms with Crippen LogP contribution < -0.4 is 0 Å². The summed E-state index contributed by atoms with van der Waals surface area (Å²) in [6.45, 7) is 21.8. The van der Waals surface area contributed by atoms with Crippen LogP contribution in [0, 0.1) is 0 Å². The van der Waals surface area contributed by atoms with E-state index in [0.717, 1.165) is 0 Å². The molecule has 0 aliphatic heterocycles. The van der Waals surface area contributed by atoms with E-state index in [9.17, 15) is 19.2 Å². The summed E-state index contributed by atoms with van der Waals surface area (Å²) in [6.07, 6.45) is -1.00. The number of rotatable bonds is 21. The van der Waals surface area contributed by atoms with Crippen molar-refractivity contribution in [1.29, 1.82) is 0 Å². The summed E-state index contributed by atoms with van der Waals surface area (Å²) in [5.74, 6) is -1.85. The van der Waals surface area contributed by atoms with Gasteiger partial charge in [-0.05, 0) is 27.7 Å². The summed E-state index contributed by atoms with van der Waals surface area (Å²) in [6, 6.07) is 0. The third-order valence-corrected chi connectivity index (χ3v) is 4.00. The molecule has 0 saturated carbocycles. The van der Waals surface area contributed by atoms with Crippen molar-refractivity contribution in [3.05, 3.63) is 48.6 Å². The predicted molar refractivity (Wildman–Crippen MR) is 156 cm³/mol. The molecule has 0 heterocycles. The summed E-state index contributed by atoms with van der Waals surface area (Å²) in [7, 11) is 0. The third kappa shape index (κ3) is 33.0. The molecule has 0 aliphatic carbocycles. The molecule has 43 heavy (non-hydrogen) atoms. The zero-order valence-corrected chi connectivity index (χ0v) is 25.7. The second-order valence-corrected chi connectivity index (χ2v) is 8.52. The molecular weight excluding hydrogens is 572 g/mol. The first kappa shape index (κ1) is 44.0. The molecule has 0 aromatic heterocycles. The Labute approximate surface area is 253 Å². The van der Waals surface area contributed by atoms with E-state index in [2.05, 4.69) is 35.8 Å². The maximum atomic E-state index is 11.0. The number of aliphatic hydroxyl groups excluding tert-OH is 3. The molecule has 248 valence electrons. The van der Waals surface area contributed by atoms with E-state index in [4.69, 9.17) is 39.0 Å². The highest BCUT2D eigenvalue weighted by atomic mass is 16.6. The first-order chi connectivity index (χ1) is 20.2. The number of ether oxygens (including phenoxy) is 7. The van der Waals surface area contributed by atoms with Gasteiger partial charge in [0, 0.05) is 22.3 Å². The molecule has 14 nitrogen and oxygen atoms in total. The first-order valence-corrected chi connectivity index (χ1v) is 13.1. The van der Waals surface area contributed by atoms with Gasteiger partial charge in [-0.2, -0.15) is 0 Å². The predicted octanol–water partition coefficient (Wildman–Crippen LogP) is 0.832. The fourth-order valence-electron chi connectivity index (χ4n) is 1.78. The molecule has 0 amide bonds. The van der Waals surface area contributed by atoms with Crippen LogP contribution in [0.1, 0.15) is 27.7 Å². The fourth-order valence-corrected chi connectivity index (χ4v) is 1.78. The molecule has 0 saturated heterocycles. The Morgan fingerprint density at radius 3 is 1.07 bits per heavy atom. The maximum Gasteiger partial charge on any atom is 0.333 e. The summed E-state index contributed by atoms with van der Waals surface area (Å²) >= 11 is 0. The van der Waals surface area contributed by atoms with E-state index in [1.165, 1.54) is 6.92 Å². The van der Waals surface area contributed by atoms with Crippen LogP contribution >= 0.6 is 0 Å². The van der Waals surface area contributed by atoms with Gasteiger partial charge in [-0.15, -0.1) is 0 Å². The van der Waals surface area contributed by atoms with Gasteiger partial charge >= 0.3 is 23.9 Å². The van der Waals surface area contributed by atoms with Crippen molar-refractivity contribution >= 4 is 23.9 Å². The number of aliphatic hydroxyl groups is 3. The van der Waals surface area contributed by atoms with Crippen molar-refractivity contribution in [2.45, 2.75) is 33.8 Å². The van der Waals surface area contributed by atoms with E-state index in [1.54, 1.807) is 20.8 Å². The van der Waals surface area contributed by atoms with Gasteiger partial charge in [0.1, 0.15) is 32.5 Å². The first-order valence-electron chi connectivity index (χ1n) is 13.1. The van der Waals surface area contributed by atoms with E-state index < -0.39 is 36.6 Å². The molecule has 0 radical (unpaired) electrons. The van der Waals surface area contributed by atoms with Crippen molar-refractivity contribution in [2.24, 2.45) is 0 Å². The molecular formula is C29H48O14. The molecule has 0 aromatic rings. The van der Waals surface area contributed by atoms with Crippen LogP contribution in [0.5, 0.6) is 0 Å². The monoisotopic (exact) mass is 620 g/mol. The highest BCUT2D eigenvalue weighted by Crippen LogP contribution is 1.94. The third-order valence-electron chi connectivity index (χ3n) is 4.00. The quantitative estimate of drug-likeness (QED) is 0.0707. The van der Waals surface area contributed by atoms with Crippen molar-refractivity contribution < 1.29 is 67.7 Å². The van der Waals surface area contributed by atoms with E-state index in [1.807, 2.05) is 0 Å². The Hall–Kier alpha value is -3.40. The Morgan fingerprint density at radius 1 is 0.512 bits per heavy atom. The molecule has 0 fully saturated rings. The van der Waals surface area contributed by atoms with Crippen LogP contribution in [0.15, 0.2) is 48.6 Å². The second-order valence-electron chi connectivity index (χ2n) is 8.52. The summed E-state index contributed by atoms with van der Waals surface area (Å²) in [5, 5.41) is 25.2. The van der Waals surface area contributed by atoms with Gasteiger partial charge in [0.05, 0.1) is 52.9 Å². The minimum atomic E-state index is -1.00. The van der Waals surface area contributed by atoms with Gasteiger partial charge < -0.3 is 48.5 Å². The van der Waals surface area contributed by atoms with E-state index in [-0.39, 0.29) is 38.6 Å². The molecule has 3 N–H and O–H groups in total. The standard InChI is InChI=1S/C16H26O7.C7H12O4.C6H10O3/c1-13(2)15(17)22-11-9-20-7-5-19-6-8-21-10-12-23-16(18)14(3)4;1-5(2)7(10)11-4-6(9)3-8;1-5(2)6(8)9-4-3-7/h1,3,5-12H2,2,4H3;6,8-9H,1,3-4H2,2H3;7H,1,3-4H2,2H3. The molecule has 0 aliphatic rings. The summed E-state index contributed by atoms with van der Waals surface area (Å²) in [4.78, 5) is 43.2. The smallest absolute Gasteiger partial charge is 0.333 e. The Kier molecular flexibility index (Phi) is 30.8. The van der Waals surface area contributed by atoms with Crippen LogP contribution in [-0.2, 0) is 52.3 Å². The molecule has 0 rings (SSSR count). The van der Waals surface area contributed by atoms with Gasteiger partial charge in [0.2, 0.25) is 0 Å². The van der Waals surface area contributed by atoms with E-state index in [0.29, 0.717) is 56.4 Å². The minimum absolute atomic E-state index is 0.0473. The minimum Gasteiger partial charge on any atom is -0.460 e. The molecule has 1 atom stereocenters. The zero-order valence-electron chi connectivity index (χ0n) is 25.7. The van der Waals surface area contributed by atoms with Gasteiger partial charge in [-0.25, -0.2) is 19.2 Å². The summed E-state index contributed by atoms with van der Waals surface area (Å²) < 4.78 is 34.4. The molecule has 0 aromatic carbocycles. The Bertz CT molecular complexity index is 829. The average molecular weight is 621 g/mol. The number of esters is 4. The zero-order chi connectivity index (χ0) is 33.6. The van der Waals surface area contributed by atoms with Crippen LogP contribution in [-0.4, -0.2) is 125 Å². The van der Waals surface area contributed by atoms with Gasteiger partial charge in [-0.1, -0.05) is 26.3 Å². The van der Waals surface area contributed by atoms with Gasteiger partial charge in [0.15, 0.2) is 0 Å². The molecule has 1 unspecified atom stereocenters. The van der Waals surface area contributed by atoms with Crippen molar-refractivity contribution in [3.63, 3.8) is 0 Å². The Morgan fingerprint density at radius 2 is 0.791 bits per heavy atom. The molecule has 14 heteroatoms. The van der Waals surface area contributed by atoms with Crippen LogP contribution in [0.25, 0.3) is 0 Å². The van der Waals surface area contributed by atoms with E-state index >= 15 is 0 Å². The topological polar surface area (TPSA) is 194 Å². The van der Waals surface area contributed by atoms with Crippen molar-refractivity contribution in [3.8, 4) is 0 Å². The van der Waals surface area contributed by atoms with Gasteiger partial charge in [0.25, 0.3) is 0 Å². The molecule has 0 spiro atoms. The second kappa shape index (κ2) is 30.1. The number of carbonyl (C=O) groups excluding carboxylic acids is 4. The van der Waals surface area contributed by atoms with Crippen LogP contribution in [0.4, 0.5) is 0 Å². The highest BCUT2D eigenvalue weighted by molar-refractivity contribution is 5.88. The fraction of sp³-hybridized carbons (Fsp3) is 0.586. The number of hydrogen-bond acceptors (Lipinski definition) is 14. The van der Waals surface area contributed by atoms with Crippen LogP contribution in [0.3, 0.4) is 0 Å². The van der Waals surface area contributed by atoms with Crippen LogP contribution in [0.2, 0.25) is 0 Å². The molecule has 0 bridgehead atoms. The lowest BCUT2D eigenvalue weighted by Gasteiger charge is -2.08. The van der Waals surface area contributed by atoms with Gasteiger partial charge in [-0.3, -0.25) is 0 Å². The number of carbonyl (C=O) groups is 4. The number of hydrogen-bond donors (Lipinski definition) is 3. The maximum absolute atomic E-state index is 11.0. The largest absolute Gasteiger partial charge is 0.460 e. The normalized spacial score (nSPS) is 10.4. The lowest BCUT2D eigenvalue weighted by molar-refractivity contribution is -0.143. The Balaban J connectivity index is -0.000000659.